The van der Waals surface area contributed by atoms with Crippen molar-refractivity contribution in [3.8, 4) is 16.3 Å². The molecule has 3 heterocycles. The summed E-state index contributed by atoms with van der Waals surface area (Å²) < 4.78 is 8.35. The van der Waals surface area contributed by atoms with E-state index in [2.05, 4.69) is 15.4 Å². The molecule has 154 valence electrons. The molecule has 8 nitrogen and oxygen atoms in total. The number of benzene rings is 1. The Kier molecular flexibility index (Phi) is 5.89. The first-order chi connectivity index (χ1) is 14.7. The lowest BCUT2D eigenvalue weighted by Crippen LogP contribution is -2.27. The summed E-state index contributed by atoms with van der Waals surface area (Å²) in [7, 11) is 0. The van der Waals surface area contributed by atoms with E-state index in [0.717, 1.165) is 16.3 Å². The number of amides is 1. The third-order valence-corrected chi connectivity index (χ3v) is 5.36. The van der Waals surface area contributed by atoms with Gasteiger partial charge in [-0.1, -0.05) is 6.07 Å². The third-order valence-electron chi connectivity index (χ3n) is 4.47. The first-order valence-electron chi connectivity index (χ1n) is 9.67. The van der Waals surface area contributed by atoms with Crippen LogP contribution in [0.15, 0.2) is 58.8 Å². The predicted octanol–water partition coefficient (Wildman–Crippen LogP) is 2.84. The molecule has 0 saturated carbocycles. The molecular formula is C21H21N5O3S. The van der Waals surface area contributed by atoms with Crippen molar-refractivity contribution in [2.75, 3.05) is 13.2 Å². The number of aryl methyl sites for hydroxylation is 1. The summed E-state index contributed by atoms with van der Waals surface area (Å²) in [6.07, 6.45) is 2.28. The second kappa shape index (κ2) is 8.91. The smallest absolute Gasteiger partial charge is 0.350 e. The lowest BCUT2D eigenvalue weighted by Gasteiger charge is -2.03. The molecule has 0 aliphatic carbocycles. The van der Waals surface area contributed by atoms with E-state index < -0.39 is 0 Å². The fraction of sp³-hybridized carbons (Fsp3) is 0.238. The highest BCUT2D eigenvalue weighted by Gasteiger charge is 2.12. The average Bonchev–Trinajstić information content (AvgIpc) is 3.38. The van der Waals surface area contributed by atoms with Crippen molar-refractivity contribution in [1.82, 2.24) is 24.5 Å². The third kappa shape index (κ3) is 4.25. The summed E-state index contributed by atoms with van der Waals surface area (Å²) in [6.45, 7) is 3.41. The van der Waals surface area contributed by atoms with Crippen LogP contribution >= 0.6 is 11.3 Å². The lowest BCUT2D eigenvalue weighted by molar-refractivity contribution is 0.0948. The summed E-state index contributed by atoms with van der Waals surface area (Å²) in [5.41, 5.74) is 1.75. The first kappa shape index (κ1) is 19.8. The molecule has 4 aromatic rings. The largest absolute Gasteiger partial charge is 0.494 e. The van der Waals surface area contributed by atoms with Crippen LogP contribution in [0.5, 0.6) is 5.75 Å². The van der Waals surface area contributed by atoms with E-state index in [9.17, 15) is 9.59 Å². The van der Waals surface area contributed by atoms with Crippen LogP contribution in [0.4, 0.5) is 0 Å². The molecule has 0 atom stereocenters. The van der Waals surface area contributed by atoms with Gasteiger partial charge in [0, 0.05) is 30.2 Å². The van der Waals surface area contributed by atoms with Crippen LogP contribution in [0.25, 0.3) is 16.2 Å². The molecule has 1 amide bonds. The summed E-state index contributed by atoms with van der Waals surface area (Å²) in [5, 5.41) is 9.65. The molecule has 0 bridgehead atoms. The number of aromatic nitrogens is 4. The quantitative estimate of drug-likeness (QED) is 0.440. The predicted molar refractivity (Wildman–Crippen MR) is 115 cm³/mol. The molecule has 9 heteroatoms. The van der Waals surface area contributed by atoms with Crippen molar-refractivity contribution in [2.24, 2.45) is 0 Å². The fourth-order valence-electron chi connectivity index (χ4n) is 3.01. The second-order valence-corrected chi connectivity index (χ2v) is 7.40. The average molecular weight is 423 g/mol. The molecule has 0 aliphatic heterocycles. The number of carbonyl (C=O) groups is 1. The number of carbonyl (C=O) groups excluding carboxylic acids is 1. The van der Waals surface area contributed by atoms with Crippen molar-refractivity contribution in [1.29, 1.82) is 0 Å². The normalized spacial score (nSPS) is 11.0. The van der Waals surface area contributed by atoms with Crippen LogP contribution in [0, 0.1) is 0 Å². The van der Waals surface area contributed by atoms with E-state index >= 15 is 0 Å². The standard InChI is InChI=1S/C21H21N5O3S/c1-2-29-16-9-7-15(8-10-16)20-23-17(14-30-20)19(27)22-11-5-13-26-21(28)25-12-4-3-6-18(25)24-26/h3-4,6-10,12,14H,2,5,11,13H2,1H3,(H,22,27). The van der Waals surface area contributed by atoms with Gasteiger partial charge in [0.15, 0.2) is 5.65 Å². The zero-order valence-electron chi connectivity index (χ0n) is 16.4. The topological polar surface area (TPSA) is 90.5 Å². The number of ether oxygens (including phenoxy) is 1. The van der Waals surface area contributed by atoms with Gasteiger partial charge in [0.2, 0.25) is 0 Å². The van der Waals surface area contributed by atoms with Gasteiger partial charge >= 0.3 is 5.69 Å². The molecular weight excluding hydrogens is 402 g/mol. The Morgan fingerprint density at radius 1 is 1.20 bits per heavy atom. The van der Waals surface area contributed by atoms with Gasteiger partial charge in [0.1, 0.15) is 16.5 Å². The number of nitrogens with zero attached hydrogens (tertiary/aromatic N) is 4. The van der Waals surface area contributed by atoms with Gasteiger partial charge < -0.3 is 10.1 Å². The van der Waals surface area contributed by atoms with Gasteiger partial charge in [-0.25, -0.2) is 14.5 Å². The SMILES string of the molecule is CCOc1ccc(-c2nc(C(=O)NCCCn3nc4ccccn4c3=O)cs2)cc1. The number of hydrogen-bond donors (Lipinski definition) is 1. The van der Waals surface area contributed by atoms with Gasteiger partial charge in [-0.15, -0.1) is 16.4 Å². The molecule has 0 aliphatic rings. The minimum absolute atomic E-state index is 0.184. The Morgan fingerprint density at radius 3 is 2.80 bits per heavy atom. The molecule has 30 heavy (non-hydrogen) atoms. The van der Waals surface area contributed by atoms with Crippen LogP contribution < -0.4 is 15.7 Å². The second-order valence-electron chi connectivity index (χ2n) is 6.54. The molecule has 0 radical (unpaired) electrons. The Hall–Kier alpha value is -3.46. The Morgan fingerprint density at radius 2 is 2.03 bits per heavy atom. The zero-order valence-corrected chi connectivity index (χ0v) is 17.3. The van der Waals surface area contributed by atoms with Crippen molar-refractivity contribution in [3.63, 3.8) is 0 Å². The van der Waals surface area contributed by atoms with E-state index in [1.807, 2.05) is 37.3 Å². The number of hydrogen-bond acceptors (Lipinski definition) is 6. The van der Waals surface area contributed by atoms with Gasteiger partial charge in [-0.2, -0.15) is 0 Å². The summed E-state index contributed by atoms with van der Waals surface area (Å²) in [6, 6.07) is 13.0. The number of thiazole rings is 1. The van der Waals surface area contributed by atoms with E-state index in [-0.39, 0.29) is 11.6 Å². The van der Waals surface area contributed by atoms with Crippen LogP contribution in [0.3, 0.4) is 0 Å². The van der Waals surface area contributed by atoms with E-state index in [4.69, 9.17) is 4.74 Å². The summed E-state index contributed by atoms with van der Waals surface area (Å²) in [5.74, 6) is 0.575. The maximum Gasteiger partial charge on any atom is 0.350 e. The van der Waals surface area contributed by atoms with Crippen molar-refractivity contribution >= 4 is 22.9 Å². The molecule has 3 aromatic heterocycles. The highest BCUT2D eigenvalue weighted by atomic mass is 32.1. The molecule has 0 unspecified atom stereocenters. The first-order valence-corrected chi connectivity index (χ1v) is 10.5. The number of pyridine rings is 1. The van der Waals surface area contributed by atoms with Gasteiger partial charge in [0.25, 0.3) is 5.91 Å². The van der Waals surface area contributed by atoms with Gasteiger partial charge in [-0.3, -0.25) is 9.20 Å². The van der Waals surface area contributed by atoms with Gasteiger partial charge in [-0.05, 0) is 49.7 Å². The number of rotatable bonds is 8. The molecule has 0 spiro atoms. The zero-order chi connectivity index (χ0) is 20.9. The molecule has 4 rings (SSSR count). The van der Waals surface area contributed by atoms with Crippen LogP contribution in [-0.2, 0) is 6.54 Å². The molecule has 1 aromatic carbocycles. The number of fused-ring (bicyclic) bond motifs is 1. The van der Waals surface area contributed by atoms with Gasteiger partial charge in [0.05, 0.1) is 6.61 Å². The monoisotopic (exact) mass is 423 g/mol. The Bertz CT molecular complexity index is 1210. The molecule has 0 fully saturated rings. The number of nitrogens with one attached hydrogen (secondary N) is 1. The highest BCUT2D eigenvalue weighted by Crippen LogP contribution is 2.25. The maximum absolute atomic E-state index is 12.4. The van der Waals surface area contributed by atoms with Crippen molar-refractivity contribution in [2.45, 2.75) is 19.9 Å². The van der Waals surface area contributed by atoms with Crippen molar-refractivity contribution in [3.05, 3.63) is 70.2 Å². The molecule has 0 saturated heterocycles. The highest BCUT2D eigenvalue weighted by molar-refractivity contribution is 7.13. The Balaban J connectivity index is 1.31. The molecule has 1 N–H and O–H groups in total. The summed E-state index contributed by atoms with van der Waals surface area (Å²) in [4.78, 5) is 29.0. The fourth-order valence-corrected chi connectivity index (χ4v) is 3.81. The van der Waals surface area contributed by atoms with E-state index in [1.54, 1.807) is 23.7 Å². The van der Waals surface area contributed by atoms with Crippen molar-refractivity contribution < 1.29 is 9.53 Å². The minimum atomic E-state index is -0.231. The maximum atomic E-state index is 12.4. The van der Waals surface area contributed by atoms with Crippen LogP contribution in [0.2, 0.25) is 0 Å². The van der Waals surface area contributed by atoms with E-state index in [1.165, 1.54) is 20.4 Å². The van der Waals surface area contributed by atoms with Crippen LogP contribution in [-0.4, -0.2) is 38.2 Å². The van der Waals surface area contributed by atoms with Crippen LogP contribution in [0.1, 0.15) is 23.8 Å². The Labute approximate surface area is 176 Å². The minimum Gasteiger partial charge on any atom is -0.494 e. The lowest BCUT2D eigenvalue weighted by atomic mass is 10.2. The summed E-state index contributed by atoms with van der Waals surface area (Å²) >= 11 is 1.42. The van der Waals surface area contributed by atoms with E-state index in [0.29, 0.717) is 37.5 Å².